The summed E-state index contributed by atoms with van der Waals surface area (Å²) in [6.07, 6.45) is -3.19. The molecule has 1 atom stereocenters. The van der Waals surface area contributed by atoms with Gasteiger partial charge in [0.05, 0.1) is 29.9 Å². The number of carbonyl (C=O) groups is 1. The van der Waals surface area contributed by atoms with Crippen LogP contribution in [0, 0.1) is 0 Å². The molecular weight excluding hydrogens is 375 g/mol. The Morgan fingerprint density at radius 2 is 2.21 bits per heavy atom. The molecule has 3 heterocycles. The number of nitrogens with zero attached hydrogens (tertiary/aromatic N) is 3. The van der Waals surface area contributed by atoms with Crippen molar-refractivity contribution in [2.24, 2.45) is 0 Å². The Labute approximate surface area is 160 Å². The van der Waals surface area contributed by atoms with Crippen LogP contribution in [-0.2, 0) is 11.3 Å². The first-order valence-corrected chi connectivity index (χ1v) is 8.97. The van der Waals surface area contributed by atoms with E-state index in [1.807, 2.05) is 0 Å². The predicted molar refractivity (Wildman–Crippen MR) is 96.1 cm³/mol. The van der Waals surface area contributed by atoms with Gasteiger partial charge in [-0.15, -0.1) is 0 Å². The van der Waals surface area contributed by atoms with Crippen molar-refractivity contribution in [3.05, 3.63) is 41.5 Å². The minimum absolute atomic E-state index is 0.105. The number of hydrogen-bond donors (Lipinski definition) is 2. The van der Waals surface area contributed by atoms with Crippen LogP contribution in [0.1, 0.15) is 47.7 Å². The normalized spacial score (nSPS) is 17.7. The Morgan fingerprint density at radius 1 is 1.43 bits per heavy atom. The lowest BCUT2D eigenvalue weighted by atomic mass is 10.1. The molecule has 1 unspecified atom stereocenters. The topological polar surface area (TPSA) is 81.1 Å². The number of morpholine rings is 1. The summed E-state index contributed by atoms with van der Waals surface area (Å²) < 4.78 is 44.8. The van der Waals surface area contributed by atoms with Crippen molar-refractivity contribution in [2.75, 3.05) is 25.0 Å². The van der Waals surface area contributed by atoms with Crippen LogP contribution in [0.2, 0.25) is 0 Å². The van der Waals surface area contributed by atoms with E-state index >= 15 is 0 Å². The fourth-order valence-corrected chi connectivity index (χ4v) is 2.81. The number of rotatable bonds is 5. The first kappa shape index (κ1) is 20.3. The quantitative estimate of drug-likeness (QED) is 0.811. The van der Waals surface area contributed by atoms with Crippen molar-refractivity contribution in [1.82, 2.24) is 20.1 Å². The van der Waals surface area contributed by atoms with Crippen molar-refractivity contribution in [3.63, 3.8) is 0 Å². The highest BCUT2D eigenvalue weighted by molar-refractivity contribution is 6.03. The number of hydrogen-bond acceptors (Lipinski definition) is 5. The first-order chi connectivity index (χ1) is 13.2. The SMILES string of the molecule is CC(C)c1cc(C(=O)Nc2ccc(C3CNCCO3)nc2)n(CC(F)(F)F)n1. The van der Waals surface area contributed by atoms with Gasteiger partial charge in [-0.2, -0.15) is 18.3 Å². The predicted octanol–water partition coefficient (Wildman–Crippen LogP) is 2.88. The number of halogens is 3. The summed E-state index contributed by atoms with van der Waals surface area (Å²) in [5, 5.41) is 9.71. The fourth-order valence-electron chi connectivity index (χ4n) is 2.81. The highest BCUT2D eigenvalue weighted by Crippen LogP contribution is 2.22. The summed E-state index contributed by atoms with van der Waals surface area (Å²) in [6, 6.07) is 4.75. The number of ether oxygens (including phenoxy) is 1. The van der Waals surface area contributed by atoms with E-state index in [9.17, 15) is 18.0 Å². The minimum Gasteiger partial charge on any atom is -0.369 e. The number of nitrogens with one attached hydrogen (secondary N) is 2. The molecule has 1 aliphatic heterocycles. The molecule has 2 N–H and O–H groups in total. The average molecular weight is 397 g/mol. The summed E-state index contributed by atoms with van der Waals surface area (Å²) in [4.78, 5) is 16.8. The lowest BCUT2D eigenvalue weighted by Gasteiger charge is -2.23. The fraction of sp³-hybridized carbons (Fsp3) is 0.500. The van der Waals surface area contributed by atoms with E-state index in [-0.39, 0.29) is 17.7 Å². The van der Waals surface area contributed by atoms with Gasteiger partial charge in [0.25, 0.3) is 5.91 Å². The number of aromatic nitrogens is 3. The van der Waals surface area contributed by atoms with Crippen LogP contribution in [-0.4, -0.2) is 46.5 Å². The summed E-state index contributed by atoms with van der Waals surface area (Å²) >= 11 is 0. The van der Waals surface area contributed by atoms with Gasteiger partial charge in [0.2, 0.25) is 0 Å². The van der Waals surface area contributed by atoms with Gasteiger partial charge in [0.15, 0.2) is 0 Å². The molecule has 152 valence electrons. The van der Waals surface area contributed by atoms with Gasteiger partial charge < -0.3 is 15.4 Å². The maximum Gasteiger partial charge on any atom is 0.408 e. The number of amides is 1. The Balaban J connectivity index is 1.75. The largest absolute Gasteiger partial charge is 0.408 e. The molecule has 1 amide bonds. The zero-order valence-electron chi connectivity index (χ0n) is 15.6. The monoisotopic (exact) mass is 397 g/mol. The van der Waals surface area contributed by atoms with Crippen LogP contribution >= 0.6 is 0 Å². The van der Waals surface area contributed by atoms with E-state index in [2.05, 4.69) is 20.7 Å². The van der Waals surface area contributed by atoms with E-state index in [0.717, 1.165) is 12.2 Å². The maximum atomic E-state index is 12.8. The molecule has 0 aromatic carbocycles. The van der Waals surface area contributed by atoms with Crippen molar-refractivity contribution >= 4 is 11.6 Å². The number of carbonyl (C=O) groups excluding carboxylic acids is 1. The molecule has 0 saturated carbocycles. The molecule has 1 aliphatic rings. The van der Waals surface area contributed by atoms with Crippen LogP contribution in [0.25, 0.3) is 0 Å². The van der Waals surface area contributed by atoms with Crippen LogP contribution < -0.4 is 10.6 Å². The molecule has 0 spiro atoms. The van der Waals surface area contributed by atoms with Gasteiger partial charge >= 0.3 is 6.18 Å². The van der Waals surface area contributed by atoms with Gasteiger partial charge in [-0.25, -0.2) is 0 Å². The van der Waals surface area contributed by atoms with Crippen molar-refractivity contribution in [2.45, 2.75) is 38.6 Å². The summed E-state index contributed by atoms with van der Waals surface area (Å²) in [5.74, 6) is -0.778. The first-order valence-electron chi connectivity index (χ1n) is 8.97. The van der Waals surface area contributed by atoms with E-state index in [0.29, 0.717) is 29.2 Å². The summed E-state index contributed by atoms with van der Waals surface area (Å²) in [5.41, 5.74) is 1.37. The molecular formula is C18H22F3N5O2. The third-order valence-electron chi connectivity index (χ3n) is 4.25. The lowest BCUT2D eigenvalue weighted by Crippen LogP contribution is -2.33. The van der Waals surface area contributed by atoms with Crippen LogP contribution in [0.15, 0.2) is 24.4 Å². The minimum atomic E-state index is -4.48. The van der Waals surface area contributed by atoms with Gasteiger partial charge in [-0.1, -0.05) is 13.8 Å². The summed E-state index contributed by atoms with van der Waals surface area (Å²) in [6.45, 7) is 4.29. The number of pyridine rings is 1. The van der Waals surface area contributed by atoms with Crippen LogP contribution in [0.3, 0.4) is 0 Å². The lowest BCUT2D eigenvalue weighted by molar-refractivity contribution is -0.142. The van der Waals surface area contributed by atoms with Crippen molar-refractivity contribution in [3.8, 4) is 0 Å². The third-order valence-corrected chi connectivity index (χ3v) is 4.25. The molecule has 10 heteroatoms. The molecule has 28 heavy (non-hydrogen) atoms. The standard InChI is InChI=1S/C18H22F3N5O2/c1-11(2)14-7-15(26(25-14)10-18(19,20)21)17(27)24-12-3-4-13(23-8-12)16-9-22-5-6-28-16/h3-4,7-8,11,16,22H,5-6,9-10H2,1-2H3,(H,24,27). The molecule has 0 radical (unpaired) electrons. The second-order valence-electron chi connectivity index (χ2n) is 6.87. The van der Waals surface area contributed by atoms with Crippen LogP contribution in [0.4, 0.5) is 18.9 Å². The maximum absolute atomic E-state index is 12.8. The Kier molecular flexibility index (Phi) is 5.99. The highest BCUT2D eigenvalue weighted by Gasteiger charge is 2.31. The molecule has 1 fully saturated rings. The second kappa shape index (κ2) is 8.27. The Bertz CT molecular complexity index is 812. The van der Waals surface area contributed by atoms with E-state index in [1.54, 1.807) is 26.0 Å². The zero-order chi connectivity index (χ0) is 20.3. The van der Waals surface area contributed by atoms with Gasteiger partial charge in [0, 0.05) is 13.1 Å². The third kappa shape index (κ3) is 5.08. The highest BCUT2D eigenvalue weighted by atomic mass is 19.4. The Hall–Kier alpha value is -2.46. The number of anilines is 1. The second-order valence-corrected chi connectivity index (χ2v) is 6.87. The molecule has 3 rings (SSSR count). The van der Waals surface area contributed by atoms with Crippen molar-refractivity contribution in [1.29, 1.82) is 0 Å². The van der Waals surface area contributed by atoms with Gasteiger partial charge in [-0.3, -0.25) is 14.5 Å². The molecule has 1 saturated heterocycles. The number of alkyl halides is 3. The molecule has 7 nitrogen and oxygen atoms in total. The molecule has 0 bridgehead atoms. The zero-order valence-corrected chi connectivity index (χ0v) is 15.6. The van der Waals surface area contributed by atoms with Crippen LogP contribution in [0.5, 0.6) is 0 Å². The molecule has 2 aromatic heterocycles. The van der Waals surface area contributed by atoms with E-state index in [1.165, 1.54) is 12.3 Å². The van der Waals surface area contributed by atoms with E-state index in [4.69, 9.17) is 4.74 Å². The van der Waals surface area contributed by atoms with Gasteiger partial charge in [-0.05, 0) is 24.1 Å². The van der Waals surface area contributed by atoms with Crippen molar-refractivity contribution < 1.29 is 22.7 Å². The Morgan fingerprint density at radius 3 is 2.79 bits per heavy atom. The molecule has 0 aliphatic carbocycles. The van der Waals surface area contributed by atoms with Gasteiger partial charge in [0.1, 0.15) is 18.3 Å². The van der Waals surface area contributed by atoms with E-state index < -0.39 is 18.6 Å². The molecule has 2 aromatic rings. The average Bonchev–Trinajstić information content (AvgIpc) is 3.05. The summed E-state index contributed by atoms with van der Waals surface area (Å²) in [7, 11) is 0. The smallest absolute Gasteiger partial charge is 0.369 e.